The molecule has 4 nitrogen and oxygen atoms in total. The van der Waals surface area contributed by atoms with Crippen LogP contribution in [0.5, 0.6) is 0 Å². The number of hydrogen-bond acceptors (Lipinski definition) is 3. The Morgan fingerprint density at radius 3 is 2.90 bits per heavy atom. The van der Waals surface area contributed by atoms with Gasteiger partial charge < -0.3 is 5.73 Å². The maximum Gasteiger partial charge on any atom is 0.218 e. The second-order valence-electron chi connectivity index (χ2n) is 5.51. The summed E-state index contributed by atoms with van der Waals surface area (Å²) >= 11 is 0. The molecule has 2 atom stereocenters. The molecule has 1 heterocycles. The summed E-state index contributed by atoms with van der Waals surface area (Å²) in [6.45, 7) is 2.91. The number of nitrogens with two attached hydrogens (primary N) is 1. The zero-order valence-corrected chi connectivity index (χ0v) is 12.4. The van der Waals surface area contributed by atoms with Crippen LogP contribution in [0.15, 0.2) is 24.3 Å². The van der Waals surface area contributed by atoms with E-state index in [1.165, 1.54) is 22.5 Å². The van der Waals surface area contributed by atoms with E-state index in [0.717, 1.165) is 12.8 Å². The third-order valence-corrected chi connectivity index (χ3v) is 5.61. The Morgan fingerprint density at radius 1 is 1.50 bits per heavy atom. The monoisotopic (exact) mass is 300 g/mol. The van der Waals surface area contributed by atoms with Gasteiger partial charge in [0, 0.05) is 19.1 Å². The lowest BCUT2D eigenvalue weighted by atomic mass is 9.93. The summed E-state index contributed by atoms with van der Waals surface area (Å²) in [5, 5.41) is 0. The minimum Gasteiger partial charge on any atom is -0.328 e. The van der Waals surface area contributed by atoms with E-state index in [1.807, 2.05) is 6.92 Å². The topological polar surface area (TPSA) is 63.4 Å². The Labute approximate surface area is 119 Å². The molecule has 112 valence electrons. The minimum absolute atomic E-state index is 0.0119. The van der Waals surface area contributed by atoms with Crippen LogP contribution in [0.25, 0.3) is 0 Å². The molecule has 0 spiro atoms. The van der Waals surface area contributed by atoms with Crippen LogP contribution in [-0.2, 0) is 15.8 Å². The zero-order valence-electron chi connectivity index (χ0n) is 11.6. The molecule has 0 aromatic heterocycles. The van der Waals surface area contributed by atoms with Gasteiger partial charge in [-0.25, -0.2) is 17.1 Å². The van der Waals surface area contributed by atoms with Crippen LogP contribution < -0.4 is 5.73 Å². The number of nitrogens with zero attached hydrogens (tertiary/aromatic N) is 1. The first-order valence-electron chi connectivity index (χ1n) is 6.86. The third-order valence-electron chi connectivity index (χ3n) is 3.80. The second-order valence-corrected chi connectivity index (χ2v) is 7.47. The van der Waals surface area contributed by atoms with E-state index >= 15 is 0 Å². The molecule has 1 aromatic carbocycles. The average molecular weight is 300 g/mol. The Kier molecular flexibility index (Phi) is 4.78. The smallest absolute Gasteiger partial charge is 0.218 e. The van der Waals surface area contributed by atoms with Crippen LogP contribution in [0.4, 0.5) is 4.39 Å². The van der Waals surface area contributed by atoms with Gasteiger partial charge in [-0.1, -0.05) is 12.1 Å². The van der Waals surface area contributed by atoms with Crippen LogP contribution in [0, 0.1) is 11.7 Å². The molecule has 1 fully saturated rings. The van der Waals surface area contributed by atoms with E-state index in [9.17, 15) is 12.8 Å². The van der Waals surface area contributed by atoms with Gasteiger partial charge >= 0.3 is 0 Å². The molecule has 0 saturated carbocycles. The summed E-state index contributed by atoms with van der Waals surface area (Å²) in [6.07, 6.45) is 1.79. The Balaban J connectivity index is 2.10. The molecule has 0 bridgehead atoms. The summed E-state index contributed by atoms with van der Waals surface area (Å²) in [5.41, 5.74) is 6.35. The van der Waals surface area contributed by atoms with Crippen molar-refractivity contribution in [2.24, 2.45) is 11.7 Å². The van der Waals surface area contributed by atoms with Gasteiger partial charge in [-0.15, -0.1) is 0 Å². The standard InChI is InChI=1S/C14H21FN2O2S/c1-11(16)13-5-3-7-17(9-13)20(18,19)10-12-4-2-6-14(15)8-12/h2,4,6,8,11,13H,3,5,7,9-10,16H2,1H3/t11-,13+/m0/s1. The van der Waals surface area contributed by atoms with Crippen LogP contribution in [-0.4, -0.2) is 31.9 Å². The highest BCUT2D eigenvalue weighted by molar-refractivity contribution is 7.88. The van der Waals surface area contributed by atoms with Gasteiger partial charge in [0.05, 0.1) is 5.75 Å². The van der Waals surface area contributed by atoms with E-state index in [-0.39, 0.29) is 17.7 Å². The summed E-state index contributed by atoms with van der Waals surface area (Å²) in [6, 6.07) is 5.73. The number of halogens is 1. The first-order valence-corrected chi connectivity index (χ1v) is 8.47. The quantitative estimate of drug-likeness (QED) is 0.921. The number of benzene rings is 1. The first kappa shape index (κ1) is 15.4. The van der Waals surface area contributed by atoms with E-state index < -0.39 is 15.8 Å². The van der Waals surface area contributed by atoms with Gasteiger partial charge in [0.15, 0.2) is 0 Å². The summed E-state index contributed by atoms with van der Waals surface area (Å²) in [4.78, 5) is 0. The molecule has 2 N–H and O–H groups in total. The molecule has 0 radical (unpaired) electrons. The zero-order chi connectivity index (χ0) is 14.8. The molecule has 0 unspecified atom stereocenters. The van der Waals surface area contributed by atoms with Crippen molar-refractivity contribution in [3.8, 4) is 0 Å². The van der Waals surface area contributed by atoms with Crippen molar-refractivity contribution >= 4 is 10.0 Å². The predicted molar refractivity (Wildman–Crippen MR) is 77.0 cm³/mol. The highest BCUT2D eigenvalue weighted by Gasteiger charge is 2.30. The fourth-order valence-electron chi connectivity index (χ4n) is 2.58. The average Bonchev–Trinajstić information content (AvgIpc) is 2.38. The van der Waals surface area contributed by atoms with Crippen molar-refractivity contribution in [1.82, 2.24) is 4.31 Å². The van der Waals surface area contributed by atoms with Crippen molar-refractivity contribution in [1.29, 1.82) is 0 Å². The van der Waals surface area contributed by atoms with Crippen molar-refractivity contribution in [2.45, 2.75) is 31.6 Å². The number of hydrogen-bond donors (Lipinski definition) is 1. The number of piperidine rings is 1. The lowest BCUT2D eigenvalue weighted by Crippen LogP contribution is -2.45. The van der Waals surface area contributed by atoms with Crippen LogP contribution in [0.1, 0.15) is 25.3 Å². The lowest BCUT2D eigenvalue weighted by molar-refractivity contribution is 0.243. The van der Waals surface area contributed by atoms with Crippen LogP contribution in [0.2, 0.25) is 0 Å². The highest BCUT2D eigenvalue weighted by Crippen LogP contribution is 2.23. The van der Waals surface area contributed by atoms with Gasteiger partial charge in [-0.05, 0) is 43.4 Å². The van der Waals surface area contributed by atoms with Crippen molar-refractivity contribution in [3.05, 3.63) is 35.6 Å². The minimum atomic E-state index is -3.41. The summed E-state index contributed by atoms with van der Waals surface area (Å²) in [7, 11) is -3.41. The predicted octanol–water partition coefficient (Wildman–Crippen LogP) is 1.71. The molecular formula is C14H21FN2O2S. The van der Waals surface area contributed by atoms with Gasteiger partial charge in [-0.2, -0.15) is 0 Å². The second kappa shape index (κ2) is 6.20. The van der Waals surface area contributed by atoms with Gasteiger partial charge in [0.2, 0.25) is 10.0 Å². The van der Waals surface area contributed by atoms with Crippen LogP contribution >= 0.6 is 0 Å². The Morgan fingerprint density at radius 2 is 2.25 bits per heavy atom. The third kappa shape index (κ3) is 3.77. The molecular weight excluding hydrogens is 279 g/mol. The van der Waals surface area contributed by atoms with E-state index in [4.69, 9.17) is 5.73 Å². The number of sulfonamides is 1. The molecule has 20 heavy (non-hydrogen) atoms. The molecule has 1 saturated heterocycles. The summed E-state index contributed by atoms with van der Waals surface area (Å²) in [5.74, 6) is -0.369. The molecule has 1 aliphatic rings. The fourth-order valence-corrected chi connectivity index (χ4v) is 4.19. The first-order chi connectivity index (χ1) is 9.38. The largest absolute Gasteiger partial charge is 0.328 e. The normalized spacial score (nSPS) is 22.6. The fraction of sp³-hybridized carbons (Fsp3) is 0.571. The summed E-state index contributed by atoms with van der Waals surface area (Å²) < 4.78 is 39.4. The highest BCUT2D eigenvalue weighted by atomic mass is 32.2. The van der Waals surface area contributed by atoms with Gasteiger partial charge in [0.25, 0.3) is 0 Å². The van der Waals surface area contributed by atoms with Gasteiger partial charge in [0.1, 0.15) is 5.82 Å². The van der Waals surface area contributed by atoms with E-state index in [0.29, 0.717) is 18.7 Å². The molecule has 2 rings (SSSR count). The SMILES string of the molecule is C[C@H](N)[C@@H]1CCCN(S(=O)(=O)Cc2cccc(F)c2)C1. The van der Waals surface area contributed by atoms with Crippen molar-refractivity contribution in [2.75, 3.05) is 13.1 Å². The molecule has 0 aliphatic carbocycles. The van der Waals surface area contributed by atoms with E-state index in [1.54, 1.807) is 6.07 Å². The lowest BCUT2D eigenvalue weighted by Gasteiger charge is -2.33. The Hall–Kier alpha value is -0.980. The molecule has 1 aromatic rings. The molecule has 1 aliphatic heterocycles. The van der Waals surface area contributed by atoms with E-state index in [2.05, 4.69) is 0 Å². The molecule has 6 heteroatoms. The maximum absolute atomic E-state index is 13.1. The van der Waals surface area contributed by atoms with Crippen LogP contribution in [0.3, 0.4) is 0 Å². The maximum atomic E-state index is 13.1. The number of rotatable bonds is 4. The van der Waals surface area contributed by atoms with Gasteiger partial charge in [-0.3, -0.25) is 0 Å². The molecule has 0 amide bonds. The Bertz CT molecular complexity index is 560. The van der Waals surface area contributed by atoms with Crippen molar-refractivity contribution < 1.29 is 12.8 Å². The van der Waals surface area contributed by atoms with Crippen molar-refractivity contribution in [3.63, 3.8) is 0 Å².